The van der Waals surface area contributed by atoms with Crippen LogP contribution in [0.25, 0.3) is 0 Å². The standard InChI is InChI=1S/C15H15BrFNO/c1-10-2-3-12(16)9-15(10)19-14-5-4-13(17)8-11(14)6-7-18/h2-5,8-9H,6-7,18H2,1H3. The Balaban J connectivity index is 2.34. The Morgan fingerprint density at radius 1 is 1.16 bits per heavy atom. The number of ether oxygens (including phenoxy) is 1. The van der Waals surface area contributed by atoms with E-state index in [0.717, 1.165) is 21.3 Å². The maximum absolute atomic E-state index is 13.2. The Morgan fingerprint density at radius 3 is 2.68 bits per heavy atom. The number of hydrogen-bond donors (Lipinski definition) is 1. The number of nitrogens with two attached hydrogens (primary N) is 1. The van der Waals surface area contributed by atoms with E-state index in [1.807, 2.05) is 25.1 Å². The molecule has 0 radical (unpaired) electrons. The third-order valence-corrected chi connectivity index (χ3v) is 3.30. The van der Waals surface area contributed by atoms with E-state index in [2.05, 4.69) is 15.9 Å². The smallest absolute Gasteiger partial charge is 0.131 e. The lowest BCUT2D eigenvalue weighted by molar-refractivity contribution is 0.470. The van der Waals surface area contributed by atoms with Crippen LogP contribution in [-0.4, -0.2) is 6.54 Å². The van der Waals surface area contributed by atoms with Crippen molar-refractivity contribution in [2.45, 2.75) is 13.3 Å². The van der Waals surface area contributed by atoms with E-state index in [1.165, 1.54) is 12.1 Å². The Kier molecular flexibility index (Phi) is 4.56. The summed E-state index contributed by atoms with van der Waals surface area (Å²) in [5.41, 5.74) is 7.34. The van der Waals surface area contributed by atoms with Crippen molar-refractivity contribution in [3.63, 3.8) is 0 Å². The zero-order valence-corrected chi connectivity index (χ0v) is 12.2. The van der Waals surface area contributed by atoms with Gasteiger partial charge in [-0.05, 0) is 61.3 Å². The summed E-state index contributed by atoms with van der Waals surface area (Å²) in [4.78, 5) is 0. The summed E-state index contributed by atoms with van der Waals surface area (Å²) in [5, 5.41) is 0. The molecule has 0 aliphatic heterocycles. The van der Waals surface area contributed by atoms with Gasteiger partial charge in [-0.1, -0.05) is 22.0 Å². The van der Waals surface area contributed by atoms with Crippen LogP contribution in [0.15, 0.2) is 40.9 Å². The number of benzene rings is 2. The van der Waals surface area contributed by atoms with Crippen molar-refractivity contribution in [2.24, 2.45) is 5.73 Å². The molecule has 2 nitrogen and oxygen atoms in total. The predicted molar refractivity (Wildman–Crippen MR) is 78.1 cm³/mol. The Morgan fingerprint density at radius 2 is 1.95 bits per heavy atom. The highest BCUT2D eigenvalue weighted by molar-refractivity contribution is 9.10. The minimum atomic E-state index is -0.276. The molecule has 100 valence electrons. The van der Waals surface area contributed by atoms with Crippen LogP contribution >= 0.6 is 15.9 Å². The molecule has 0 fully saturated rings. The van der Waals surface area contributed by atoms with Crippen molar-refractivity contribution >= 4 is 15.9 Å². The Labute approximate surface area is 120 Å². The molecule has 4 heteroatoms. The first-order valence-corrected chi connectivity index (χ1v) is 6.82. The van der Waals surface area contributed by atoms with Crippen molar-refractivity contribution in [3.8, 4) is 11.5 Å². The Bertz CT molecular complexity index is 586. The average molecular weight is 324 g/mol. The lowest BCUT2D eigenvalue weighted by Crippen LogP contribution is -2.04. The summed E-state index contributed by atoms with van der Waals surface area (Å²) in [6.45, 7) is 2.42. The van der Waals surface area contributed by atoms with Crippen LogP contribution in [0.5, 0.6) is 11.5 Å². The van der Waals surface area contributed by atoms with E-state index >= 15 is 0 Å². The summed E-state index contributed by atoms with van der Waals surface area (Å²) in [7, 11) is 0. The molecule has 0 bridgehead atoms. The van der Waals surface area contributed by atoms with Gasteiger partial charge in [0.05, 0.1) is 0 Å². The van der Waals surface area contributed by atoms with Crippen LogP contribution < -0.4 is 10.5 Å². The molecule has 0 amide bonds. The average Bonchev–Trinajstić information content (AvgIpc) is 2.37. The summed E-state index contributed by atoms with van der Waals surface area (Å²) >= 11 is 3.41. The Hall–Kier alpha value is -1.39. The summed E-state index contributed by atoms with van der Waals surface area (Å²) < 4.78 is 20.1. The van der Waals surface area contributed by atoms with Gasteiger partial charge in [0.25, 0.3) is 0 Å². The van der Waals surface area contributed by atoms with Gasteiger partial charge in [-0.25, -0.2) is 4.39 Å². The first-order chi connectivity index (χ1) is 9.10. The zero-order valence-electron chi connectivity index (χ0n) is 10.6. The van der Waals surface area contributed by atoms with Crippen LogP contribution in [0, 0.1) is 12.7 Å². The zero-order chi connectivity index (χ0) is 13.8. The summed E-state index contributed by atoms with van der Waals surface area (Å²) in [6, 6.07) is 10.3. The topological polar surface area (TPSA) is 35.2 Å². The molecule has 0 aromatic heterocycles. The van der Waals surface area contributed by atoms with E-state index < -0.39 is 0 Å². The molecule has 2 N–H and O–H groups in total. The molecule has 0 unspecified atom stereocenters. The van der Waals surface area contributed by atoms with E-state index in [9.17, 15) is 4.39 Å². The molecular formula is C15H15BrFNO. The molecule has 2 aromatic rings. The molecule has 0 aliphatic rings. The van der Waals surface area contributed by atoms with Crippen molar-refractivity contribution in [1.29, 1.82) is 0 Å². The van der Waals surface area contributed by atoms with Gasteiger partial charge in [0.15, 0.2) is 0 Å². The van der Waals surface area contributed by atoms with E-state index in [4.69, 9.17) is 10.5 Å². The summed E-state index contributed by atoms with van der Waals surface area (Å²) in [6.07, 6.45) is 0.583. The first-order valence-electron chi connectivity index (χ1n) is 6.02. The van der Waals surface area contributed by atoms with Crippen LogP contribution in [-0.2, 0) is 6.42 Å². The van der Waals surface area contributed by atoms with E-state index in [0.29, 0.717) is 18.7 Å². The maximum atomic E-state index is 13.2. The lowest BCUT2D eigenvalue weighted by Gasteiger charge is -2.13. The van der Waals surface area contributed by atoms with Gasteiger partial charge < -0.3 is 10.5 Å². The monoisotopic (exact) mass is 323 g/mol. The molecule has 0 saturated heterocycles. The van der Waals surface area contributed by atoms with Crippen LogP contribution in [0.1, 0.15) is 11.1 Å². The largest absolute Gasteiger partial charge is 0.457 e. The number of hydrogen-bond acceptors (Lipinski definition) is 2. The van der Waals surface area contributed by atoms with Crippen LogP contribution in [0.2, 0.25) is 0 Å². The van der Waals surface area contributed by atoms with Crippen molar-refractivity contribution in [2.75, 3.05) is 6.54 Å². The molecule has 0 spiro atoms. The summed E-state index contributed by atoms with van der Waals surface area (Å²) in [5.74, 6) is 1.12. The second kappa shape index (κ2) is 6.17. The quantitative estimate of drug-likeness (QED) is 0.915. The molecular weight excluding hydrogens is 309 g/mol. The van der Waals surface area contributed by atoms with E-state index in [-0.39, 0.29) is 5.82 Å². The van der Waals surface area contributed by atoms with Gasteiger partial charge in [0.2, 0.25) is 0 Å². The second-order valence-corrected chi connectivity index (χ2v) is 5.22. The minimum Gasteiger partial charge on any atom is -0.457 e. The van der Waals surface area contributed by atoms with Crippen molar-refractivity contribution < 1.29 is 9.13 Å². The van der Waals surface area contributed by atoms with Gasteiger partial charge >= 0.3 is 0 Å². The SMILES string of the molecule is Cc1ccc(Br)cc1Oc1ccc(F)cc1CCN. The molecule has 2 aromatic carbocycles. The van der Waals surface area contributed by atoms with Crippen molar-refractivity contribution in [3.05, 3.63) is 57.8 Å². The van der Waals surface area contributed by atoms with Crippen LogP contribution in [0.3, 0.4) is 0 Å². The van der Waals surface area contributed by atoms with E-state index in [1.54, 1.807) is 6.07 Å². The number of aryl methyl sites for hydroxylation is 1. The third kappa shape index (κ3) is 3.55. The molecule has 0 atom stereocenters. The predicted octanol–water partition coefficient (Wildman–Crippen LogP) is 4.19. The highest BCUT2D eigenvalue weighted by atomic mass is 79.9. The third-order valence-electron chi connectivity index (χ3n) is 2.81. The van der Waals surface area contributed by atoms with Crippen molar-refractivity contribution in [1.82, 2.24) is 0 Å². The van der Waals surface area contributed by atoms with Gasteiger partial charge in [0, 0.05) is 4.47 Å². The van der Waals surface area contributed by atoms with Gasteiger partial charge in [-0.3, -0.25) is 0 Å². The van der Waals surface area contributed by atoms with Gasteiger partial charge in [0.1, 0.15) is 17.3 Å². The maximum Gasteiger partial charge on any atom is 0.131 e. The van der Waals surface area contributed by atoms with Gasteiger partial charge in [-0.15, -0.1) is 0 Å². The second-order valence-electron chi connectivity index (χ2n) is 4.30. The first kappa shape index (κ1) is 14.0. The fourth-order valence-electron chi connectivity index (χ4n) is 1.80. The van der Waals surface area contributed by atoms with Gasteiger partial charge in [-0.2, -0.15) is 0 Å². The molecule has 2 rings (SSSR count). The molecule has 0 saturated carbocycles. The van der Waals surface area contributed by atoms with Crippen LogP contribution in [0.4, 0.5) is 4.39 Å². The minimum absolute atomic E-state index is 0.276. The molecule has 0 heterocycles. The number of rotatable bonds is 4. The molecule has 0 aliphatic carbocycles. The number of halogens is 2. The lowest BCUT2D eigenvalue weighted by atomic mass is 10.1. The highest BCUT2D eigenvalue weighted by Crippen LogP contribution is 2.30. The fourth-order valence-corrected chi connectivity index (χ4v) is 2.14. The fraction of sp³-hybridized carbons (Fsp3) is 0.200. The molecule has 19 heavy (non-hydrogen) atoms. The highest BCUT2D eigenvalue weighted by Gasteiger charge is 2.08. The normalized spacial score (nSPS) is 10.5.